The Hall–Kier alpha value is -1.43. The predicted octanol–water partition coefficient (Wildman–Crippen LogP) is 1.88. The number of carbonyl (C=O) groups excluding carboxylic acids is 1. The molecule has 2 aromatic rings. The van der Waals surface area contributed by atoms with E-state index in [1.165, 1.54) is 0 Å². The number of fused-ring (bicyclic) bond motifs is 1. The summed E-state index contributed by atoms with van der Waals surface area (Å²) in [7, 11) is 0. The van der Waals surface area contributed by atoms with E-state index in [4.69, 9.17) is 0 Å². The van der Waals surface area contributed by atoms with Gasteiger partial charge in [-0.05, 0) is 12.8 Å². The Labute approximate surface area is 114 Å². The summed E-state index contributed by atoms with van der Waals surface area (Å²) in [6.07, 6.45) is 6.56. The van der Waals surface area contributed by atoms with Crippen molar-refractivity contribution in [3.05, 3.63) is 30.4 Å². The molecule has 18 heavy (non-hydrogen) atoms. The molecule has 2 rings (SSSR count). The van der Waals surface area contributed by atoms with Gasteiger partial charge in [-0.2, -0.15) is 5.10 Å². The van der Waals surface area contributed by atoms with Gasteiger partial charge in [-0.25, -0.2) is 4.52 Å². The third kappa shape index (κ3) is 2.53. The molecule has 1 N–H and O–H groups in total. The Kier molecular flexibility index (Phi) is 3.96. The maximum absolute atomic E-state index is 12.1. The molecule has 2 unspecified atom stereocenters. The lowest BCUT2D eigenvalue weighted by Crippen LogP contribution is -2.37. The molecule has 2 atom stereocenters. The fourth-order valence-corrected chi connectivity index (χ4v) is 2.13. The molecule has 0 saturated carbocycles. The van der Waals surface area contributed by atoms with Crippen LogP contribution in [0.2, 0.25) is 0 Å². The first-order valence-corrected chi connectivity index (χ1v) is 6.89. The number of hydrogen-bond acceptors (Lipinski definition) is 3. The van der Waals surface area contributed by atoms with Gasteiger partial charge < -0.3 is 5.32 Å². The Balaban J connectivity index is 2.19. The average Bonchev–Trinajstić information content (AvgIpc) is 2.81. The maximum atomic E-state index is 12.1. The number of carbonyl (C=O) groups is 1. The van der Waals surface area contributed by atoms with Crippen LogP contribution in [0.15, 0.2) is 24.8 Å². The lowest BCUT2D eigenvalue weighted by Gasteiger charge is -2.18. The molecule has 0 bridgehead atoms. The summed E-state index contributed by atoms with van der Waals surface area (Å²) in [5.41, 5.74) is 1.27. The Morgan fingerprint density at radius 2 is 2.28 bits per heavy atom. The van der Waals surface area contributed by atoms with Crippen LogP contribution in [0.1, 0.15) is 24.2 Å². The van der Waals surface area contributed by atoms with E-state index in [2.05, 4.69) is 38.3 Å². The highest BCUT2D eigenvalue weighted by Gasteiger charge is 2.17. The van der Waals surface area contributed by atoms with E-state index >= 15 is 0 Å². The lowest BCUT2D eigenvalue weighted by atomic mass is 10.1. The minimum absolute atomic E-state index is 0.100. The summed E-state index contributed by atoms with van der Waals surface area (Å²) in [6, 6.07) is 0.100. The Morgan fingerprint density at radius 1 is 1.50 bits per heavy atom. The molecule has 96 valence electrons. The van der Waals surface area contributed by atoms with Crippen LogP contribution in [0.3, 0.4) is 0 Å². The summed E-state index contributed by atoms with van der Waals surface area (Å²) >= 11 is 3.42. The number of alkyl halides is 1. The minimum atomic E-state index is -0.113. The van der Waals surface area contributed by atoms with E-state index in [0.717, 1.165) is 5.33 Å². The number of amides is 1. The van der Waals surface area contributed by atoms with E-state index < -0.39 is 0 Å². The van der Waals surface area contributed by atoms with Gasteiger partial charge in [0, 0.05) is 23.8 Å². The quantitative estimate of drug-likeness (QED) is 0.877. The topological polar surface area (TPSA) is 59.3 Å². The molecule has 0 aliphatic heterocycles. The fraction of sp³-hybridized carbons (Fsp3) is 0.417. The van der Waals surface area contributed by atoms with Gasteiger partial charge in [0.15, 0.2) is 0 Å². The molecule has 5 nitrogen and oxygen atoms in total. The highest BCUT2D eigenvalue weighted by atomic mass is 79.9. The second-order valence-corrected chi connectivity index (χ2v) is 5.01. The van der Waals surface area contributed by atoms with Crippen LogP contribution < -0.4 is 5.32 Å². The smallest absolute Gasteiger partial charge is 0.255 e. The number of aromatic nitrogens is 3. The molecule has 0 aliphatic rings. The number of nitrogens with zero attached hydrogens (tertiary/aromatic N) is 3. The standard InChI is InChI=1S/C12H15BrN4O/c1-8(5-13)9(2)16-12(18)10-6-15-17-4-3-14-7-11(10)17/h3-4,6-9H,5H2,1-2H3,(H,16,18). The molecule has 0 radical (unpaired) electrons. The molecule has 0 aromatic carbocycles. The summed E-state index contributed by atoms with van der Waals surface area (Å²) in [5.74, 6) is 0.257. The second kappa shape index (κ2) is 5.48. The normalized spacial score (nSPS) is 14.4. The van der Waals surface area contributed by atoms with Crippen molar-refractivity contribution in [1.82, 2.24) is 19.9 Å². The number of hydrogen-bond donors (Lipinski definition) is 1. The third-order valence-corrected chi connectivity index (χ3v) is 4.05. The van der Waals surface area contributed by atoms with E-state index in [-0.39, 0.29) is 11.9 Å². The van der Waals surface area contributed by atoms with Crippen LogP contribution in [0, 0.1) is 5.92 Å². The molecule has 2 aromatic heterocycles. The van der Waals surface area contributed by atoms with Gasteiger partial charge in [0.1, 0.15) is 0 Å². The summed E-state index contributed by atoms with van der Waals surface area (Å²) in [6.45, 7) is 4.07. The van der Waals surface area contributed by atoms with Gasteiger partial charge in [0.2, 0.25) is 0 Å². The summed E-state index contributed by atoms with van der Waals surface area (Å²) in [5, 5.41) is 7.95. The van der Waals surface area contributed by atoms with Gasteiger partial charge in [0.25, 0.3) is 5.91 Å². The van der Waals surface area contributed by atoms with Crippen molar-refractivity contribution in [1.29, 1.82) is 0 Å². The van der Waals surface area contributed by atoms with Gasteiger partial charge >= 0.3 is 0 Å². The van der Waals surface area contributed by atoms with E-state index in [1.54, 1.807) is 29.3 Å². The van der Waals surface area contributed by atoms with E-state index in [0.29, 0.717) is 17.0 Å². The SMILES string of the molecule is CC(CBr)C(C)NC(=O)c1cnn2ccncc12. The van der Waals surface area contributed by atoms with Gasteiger partial charge in [0.05, 0.1) is 23.5 Å². The van der Waals surface area contributed by atoms with Crippen LogP contribution in [-0.2, 0) is 0 Å². The molecule has 0 fully saturated rings. The van der Waals surface area contributed by atoms with Crippen molar-refractivity contribution in [2.75, 3.05) is 5.33 Å². The molecule has 0 spiro atoms. The van der Waals surface area contributed by atoms with Gasteiger partial charge in [-0.3, -0.25) is 9.78 Å². The molecular weight excluding hydrogens is 296 g/mol. The Morgan fingerprint density at radius 3 is 3.00 bits per heavy atom. The first-order valence-electron chi connectivity index (χ1n) is 5.77. The fourth-order valence-electron chi connectivity index (χ4n) is 1.57. The van der Waals surface area contributed by atoms with E-state index in [1.807, 2.05) is 6.92 Å². The number of nitrogens with one attached hydrogen (secondary N) is 1. The van der Waals surface area contributed by atoms with Crippen LogP contribution >= 0.6 is 15.9 Å². The van der Waals surface area contributed by atoms with Crippen molar-refractivity contribution in [3.8, 4) is 0 Å². The van der Waals surface area contributed by atoms with Crippen LogP contribution in [0.25, 0.3) is 5.52 Å². The van der Waals surface area contributed by atoms with Crippen molar-refractivity contribution in [3.63, 3.8) is 0 Å². The van der Waals surface area contributed by atoms with Crippen molar-refractivity contribution < 1.29 is 4.79 Å². The van der Waals surface area contributed by atoms with Crippen LogP contribution in [-0.4, -0.2) is 31.9 Å². The molecule has 1 amide bonds. The number of rotatable bonds is 4. The monoisotopic (exact) mass is 310 g/mol. The predicted molar refractivity (Wildman–Crippen MR) is 72.9 cm³/mol. The summed E-state index contributed by atoms with van der Waals surface area (Å²) < 4.78 is 1.64. The highest BCUT2D eigenvalue weighted by molar-refractivity contribution is 9.09. The van der Waals surface area contributed by atoms with Gasteiger partial charge in [-0.1, -0.05) is 22.9 Å². The van der Waals surface area contributed by atoms with Crippen LogP contribution in [0.4, 0.5) is 0 Å². The average molecular weight is 311 g/mol. The largest absolute Gasteiger partial charge is 0.349 e. The molecule has 0 aliphatic carbocycles. The first kappa shape index (κ1) is 13.0. The third-order valence-electron chi connectivity index (χ3n) is 3.03. The molecule has 0 saturated heterocycles. The zero-order valence-electron chi connectivity index (χ0n) is 10.3. The molecule has 2 heterocycles. The number of halogens is 1. The second-order valence-electron chi connectivity index (χ2n) is 4.36. The summed E-state index contributed by atoms with van der Waals surface area (Å²) in [4.78, 5) is 16.2. The Bertz CT molecular complexity index is 554. The van der Waals surface area contributed by atoms with Crippen LogP contribution in [0.5, 0.6) is 0 Å². The minimum Gasteiger partial charge on any atom is -0.349 e. The zero-order chi connectivity index (χ0) is 13.1. The maximum Gasteiger partial charge on any atom is 0.255 e. The zero-order valence-corrected chi connectivity index (χ0v) is 11.9. The molecule has 6 heteroatoms. The van der Waals surface area contributed by atoms with E-state index in [9.17, 15) is 4.79 Å². The first-order chi connectivity index (χ1) is 8.63. The highest BCUT2D eigenvalue weighted by Crippen LogP contribution is 2.11. The molecular formula is C12H15BrN4O. The van der Waals surface area contributed by atoms with Gasteiger partial charge in [-0.15, -0.1) is 0 Å². The van der Waals surface area contributed by atoms with Crippen molar-refractivity contribution >= 4 is 27.4 Å². The van der Waals surface area contributed by atoms with Crippen molar-refractivity contribution in [2.24, 2.45) is 5.92 Å². The van der Waals surface area contributed by atoms with Crippen molar-refractivity contribution in [2.45, 2.75) is 19.9 Å². The lowest BCUT2D eigenvalue weighted by molar-refractivity contribution is 0.0933.